The van der Waals surface area contributed by atoms with Crippen LogP contribution in [0.1, 0.15) is 52.0 Å². The minimum absolute atomic E-state index is 0.108. The molecule has 1 aliphatic rings. The Balaban J connectivity index is 1.80. The summed E-state index contributed by atoms with van der Waals surface area (Å²) in [6.45, 7) is 8.43. The Morgan fingerprint density at radius 1 is 1.29 bits per heavy atom. The molecule has 0 amide bonds. The molecule has 0 heterocycles. The van der Waals surface area contributed by atoms with Crippen molar-refractivity contribution in [3.8, 4) is 0 Å². The average Bonchev–Trinajstić information content (AvgIpc) is 2.47. The summed E-state index contributed by atoms with van der Waals surface area (Å²) in [6, 6.07) is 10.3. The first kappa shape index (κ1) is 16.5. The molecule has 0 radical (unpaired) electrons. The molecule has 0 aliphatic heterocycles. The van der Waals surface area contributed by atoms with Crippen LogP contribution in [0.25, 0.3) is 0 Å². The van der Waals surface area contributed by atoms with E-state index < -0.39 is 0 Å². The first-order chi connectivity index (χ1) is 10.0. The zero-order valence-corrected chi connectivity index (χ0v) is 13.7. The number of benzene rings is 1. The summed E-state index contributed by atoms with van der Waals surface area (Å²) in [5, 5.41) is 9.97. The van der Waals surface area contributed by atoms with Gasteiger partial charge in [-0.25, -0.2) is 0 Å². The van der Waals surface area contributed by atoms with E-state index in [4.69, 9.17) is 4.74 Å². The Bertz CT molecular complexity index is 417. The molecule has 1 aliphatic carbocycles. The number of hydrogen-bond acceptors (Lipinski definition) is 2. The lowest BCUT2D eigenvalue weighted by Crippen LogP contribution is -2.38. The molecular weight excluding hydrogens is 260 g/mol. The molecule has 1 N–H and O–H groups in total. The van der Waals surface area contributed by atoms with Crippen molar-refractivity contribution in [3.63, 3.8) is 0 Å². The van der Waals surface area contributed by atoms with E-state index in [0.717, 1.165) is 25.9 Å². The number of rotatable bonds is 6. The van der Waals surface area contributed by atoms with Gasteiger partial charge in [0.1, 0.15) is 0 Å². The van der Waals surface area contributed by atoms with E-state index in [1.54, 1.807) is 0 Å². The van der Waals surface area contributed by atoms with Crippen molar-refractivity contribution >= 4 is 0 Å². The van der Waals surface area contributed by atoms with Gasteiger partial charge in [0.25, 0.3) is 0 Å². The van der Waals surface area contributed by atoms with E-state index in [1.165, 1.54) is 12.0 Å². The zero-order valence-electron chi connectivity index (χ0n) is 13.7. The van der Waals surface area contributed by atoms with E-state index in [-0.39, 0.29) is 11.5 Å². The van der Waals surface area contributed by atoms with Crippen LogP contribution in [0.3, 0.4) is 0 Å². The number of ether oxygens (including phenoxy) is 1. The maximum atomic E-state index is 9.97. The molecule has 0 bridgehead atoms. The van der Waals surface area contributed by atoms with Crippen molar-refractivity contribution in [1.29, 1.82) is 0 Å². The lowest BCUT2D eigenvalue weighted by Gasteiger charge is -2.43. The highest BCUT2D eigenvalue weighted by molar-refractivity contribution is 5.13. The summed E-state index contributed by atoms with van der Waals surface area (Å²) in [7, 11) is 0. The van der Waals surface area contributed by atoms with Gasteiger partial charge < -0.3 is 9.84 Å². The number of hydrogen-bond donors (Lipinski definition) is 1. The fraction of sp³-hybridized carbons (Fsp3) is 0.684. The van der Waals surface area contributed by atoms with Crippen molar-refractivity contribution in [2.24, 2.45) is 17.3 Å². The van der Waals surface area contributed by atoms with Crippen LogP contribution in [-0.2, 0) is 11.3 Å². The summed E-state index contributed by atoms with van der Waals surface area (Å²) >= 11 is 0. The second kappa shape index (κ2) is 7.42. The van der Waals surface area contributed by atoms with Crippen molar-refractivity contribution in [2.45, 2.75) is 59.2 Å². The minimum atomic E-state index is -0.108. The second-order valence-electron chi connectivity index (χ2n) is 7.17. The van der Waals surface area contributed by atoms with E-state index in [2.05, 4.69) is 45.0 Å². The third-order valence-electron chi connectivity index (χ3n) is 5.43. The topological polar surface area (TPSA) is 29.5 Å². The second-order valence-corrected chi connectivity index (χ2v) is 7.17. The van der Waals surface area contributed by atoms with Crippen LogP contribution in [0.15, 0.2) is 30.3 Å². The van der Waals surface area contributed by atoms with E-state index in [9.17, 15) is 5.11 Å². The molecule has 0 aromatic heterocycles. The molecule has 4 atom stereocenters. The van der Waals surface area contributed by atoms with Crippen LogP contribution < -0.4 is 0 Å². The SMILES string of the molecule is C[C@@H](COCc1ccccc1)[C@H](C)[C@@]1(C)CCC[C@H](O)C1. The van der Waals surface area contributed by atoms with Crippen LogP contribution in [0.2, 0.25) is 0 Å². The Kier molecular flexibility index (Phi) is 5.83. The van der Waals surface area contributed by atoms with Crippen molar-refractivity contribution in [2.75, 3.05) is 6.61 Å². The van der Waals surface area contributed by atoms with Gasteiger partial charge >= 0.3 is 0 Å². The van der Waals surface area contributed by atoms with Crippen LogP contribution >= 0.6 is 0 Å². The number of aliphatic hydroxyl groups is 1. The maximum Gasteiger partial charge on any atom is 0.0717 e. The van der Waals surface area contributed by atoms with Gasteiger partial charge in [0, 0.05) is 6.61 Å². The van der Waals surface area contributed by atoms with Crippen molar-refractivity contribution in [3.05, 3.63) is 35.9 Å². The third-order valence-corrected chi connectivity index (χ3v) is 5.43. The standard InChI is InChI=1S/C19H30O2/c1-15(13-21-14-17-8-5-4-6-9-17)16(2)19(3)11-7-10-18(20)12-19/h4-6,8-9,15-16,18,20H,7,10-14H2,1-3H3/t15-,16-,18-,19-/m0/s1. The minimum Gasteiger partial charge on any atom is -0.393 e. The maximum absolute atomic E-state index is 9.97. The molecule has 1 fully saturated rings. The fourth-order valence-electron chi connectivity index (χ4n) is 3.67. The molecule has 0 saturated heterocycles. The largest absolute Gasteiger partial charge is 0.393 e. The van der Waals surface area contributed by atoms with Crippen LogP contribution in [0.4, 0.5) is 0 Å². The van der Waals surface area contributed by atoms with Crippen LogP contribution in [-0.4, -0.2) is 17.8 Å². The molecule has 1 aromatic rings. The number of aliphatic hydroxyl groups excluding tert-OH is 1. The molecule has 1 aromatic carbocycles. The zero-order chi connectivity index (χ0) is 15.3. The molecular formula is C19H30O2. The molecule has 0 spiro atoms. The van der Waals surface area contributed by atoms with Crippen LogP contribution in [0, 0.1) is 17.3 Å². The van der Waals surface area contributed by atoms with Gasteiger partial charge in [0.2, 0.25) is 0 Å². The summed E-state index contributed by atoms with van der Waals surface area (Å²) in [4.78, 5) is 0. The molecule has 2 rings (SSSR count). The van der Waals surface area contributed by atoms with E-state index in [1.807, 2.05) is 6.07 Å². The van der Waals surface area contributed by atoms with Gasteiger partial charge in [0.05, 0.1) is 12.7 Å². The first-order valence-corrected chi connectivity index (χ1v) is 8.31. The van der Waals surface area contributed by atoms with Gasteiger partial charge in [-0.15, -0.1) is 0 Å². The summed E-state index contributed by atoms with van der Waals surface area (Å²) in [6.07, 6.45) is 4.19. The van der Waals surface area contributed by atoms with E-state index in [0.29, 0.717) is 18.4 Å². The lowest BCUT2D eigenvalue weighted by molar-refractivity contribution is -0.0142. The summed E-state index contributed by atoms with van der Waals surface area (Å²) < 4.78 is 5.90. The molecule has 118 valence electrons. The Morgan fingerprint density at radius 3 is 2.67 bits per heavy atom. The molecule has 0 unspecified atom stereocenters. The predicted molar refractivity (Wildman–Crippen MR) is 87.0 cm³/mol. The van der Waals surface area contributed by atoms with Gasteiger partial charge in [-0.1, -0.05) is 57.5 Å². The van der Waals surface area contributed by atoms with Gasteiger partial charge in [-0.3, -0.25) is 0 Å². The molecule has 2 heteroatoms. The quantitative estimate of drug-likeness (QED) is 0.840. The highest BCUT2D eigenvalue weighted by Gasteiger charge is 2.38. The molecule has 21 heavy (non-hydrogen) atoms. The van der Waals surface area contributed by atoms with Gasteiger partial charge in [-0.05, 0) is 42.1 Å². The summed E-state index contributed by atoms with van der Waals surface area (Å²) in [5.41, 5.74) is 1.49. The predicted octanol–water partition coefficient (Wildman–Crippen LogP) is 4.42. The smallest absolute Gasteiger partial charge is 0.0717 e. The fourth-order valence-corrected chi connectivity index (χ4v) is 3.67. The normalized spacial score (nSPS) is 29.0. The Morgan fingerprint density at radius 2 is 2.00 bits per heavy atom. The Labute approximate surface area is 129 Å². The lowest BCUT2D eigenvalue weighted by atomic mass is 9.63. The first-order valence-electron chi connectivity index (χ1n) is 8.31. The monoisotopic (exact) mass is 290 g/mol. The van der Waals surface area contributed by atoms with Crippen molar-refractivity contribution < 1.29 is 9.84 Å². The van der Waals surface area contributed by atoms with Crippen molar-refractivity contribution in [1.82, 2.24) is 0 Å². The average molecular weight is 290 g/mol. The van der Waals surface area contributed by atoms with Gasteiger partial charge in [-0.2, -0.15) is 0 Å². The van der Waals surface area contributed by atoms with Gasteiger partial charge in [0.15, 0.2) is 0 Å². The third kappa shape index (κ3) is 4.55. The van der Waals surface area contributed by atoms with E-state index >= 15 is 0 Å². The molecule has 1 saturated carbocycles. The Hall–Kier alpha value is -0.860. The highest BCUT2D eigenvalue weighted by Crippen LogP contribution is 2.45. The summed E-state index contributed by atoms with van der Waals surface area (Å²) in [5.74, 6) is 1.09. The van der Waals surface area contributed by atoms with Crippen LogP contribution in [0.5, 0.6) is 0 Å². The highest BCUT2D eigenvalue weighted by atomic mass is 16.5. The molecule has 2 nitrogen and oxygen atoms in total.